The summed E-state index contributed by atoms with van der Waals surface area (Å²) in [6, 6.07) is 17.8. The van der Waals surface area contributed by atoms with E-state index in [1.807, 2.05) is 36.4 Å². The molecule has 2 rings (SSSR count). The Morgan fingerprint density at radius 3 is 2.21 bits per heavy atom. The second kappa shape index (κ2) is 10.6. The lowest BCUT2D eigenvalue weighted by molar-refractivity contribution is -0.133. The van der Waals surface area contributed by atoms with Crippen LogP contribution in [-0.4, -0.2) is 54.8 Å². The van der Waals surface area contributed by atoms with Gasteiger partial charge < -0.3 is 14.5 Å². The molecule has 0 bridgehead atoms. The molecule has 0 N–H and O–H groups in total. The van der Waals surface area contributed by atoms with Gasteiger partial charge in [-0.05, 0) is 17.7 Å². The molecule has 0 aliphatic carbocycles. The van der Waals surface area contributed by atoms with Crippen molar-refractivity contribution in [2.45, 2.75) is 13.0 Å². The van der Waals surface area contributed by atoms with Crippen LogP contribution in [0.4, 0.5) is 0 Å². The van der Waals surface area contributed by atoms with Gasteiger partial charge in [-0.2, -0.15) is 5.26 Å². The van der Waals surface area contributed by atoms with Gasteiger partial charge in [0.2, 0.25) is 0 Å². The van der Waals surface area contributed by atoms with E-state index >= 15 is 0 Å². The smallest absolute Gasteiger partial charge is 0.339 e. The minimum absolute atomic E-state index is 0.102. The first-order valence-electron chi connectivity index (χ1n) is 9.10. The maximum Gasteiger partial charge on any atom is 0.339 e. The second-order valence-corrected chi connectivity index (χ2v) is 6.49. The minimum atomic E-state index is -0.746. The zero-order valence-corrected chi connectivity index (χ0v) is 16.5. The third-order valence-electron chi connectivity index (χ3n) is 4.30. The van der Waals surface area contributed by atoms with Gasteiger partial charge in [0.25, 0.3) is 11.8 Å². The summed E-state index contributed by atoms with van der Waals surface area (Å²) < 4.78 is 5.10. The Bertz CT molecular complexity index is 906. The van der Waals surface area contributed by atoms with Crippen LogP contribution >= 0.6 is 0 Å². The van der Waals surface area contributed by atoms with Crippen molar-refractivity contribution >= 4 is 17.8 Å². The normalized spacial score (nSPS) is 9.97. The van der Waals surface area contributed by atoms with Crippen LogP contribution in [0.2, 0.25) is 0 Å². The monoisotopic (exact) mass is 393 g/mol. The zero-order chi connectivity index (χ0) is 21.2. The Balaban J connectivity index is 2.05. The first-order chi connectivity index (χ1) is 13.9. The van der Waals surface area contributed by atoms with Gasteiger partial charge in [-0.25, -0.2) is 4.79 Å². The van der Waals surface area contributed by atoms with Crippen molar-refractivity contribution in [2.75, 3.05) is 27.2 Å². The molecule has 0 aliphatic rings. The van der Waals surface area contributed by atoms with E-state index in [4.69, 9.17) is 10.00 Å². The summed E-state index contributed by atoms with van der Waals surface area (Å²) in [6.07, 6.45) is 0.196. The first kappa shape index (κ1) is 21.6. The van der Waals surface area contributed by atoms with Crippen LogP contribution in [0.1, 0.15) is 32.7 Å². The van der Waals surface area contributed by atoms with E-state index in [1.165, 1.54) is 22.9 Å². The molecule has 0 spiro atoms. The molecule has 0 unspecified atom stereocenters. The number of hydrogen-bond donors (Lipinski definition) is 0. The second-order valence-electron chi connectivity index (χ2n) is 6.49. The van der Waals surface area contributed by atoms with Gasteiger partial charge in [-0.15, -0.1) is 0 Å². The summed E-state index contributed by atoms with van der Waals surface area (Å²) in [7, 11) is 3.19. The Morgan fingerprint density at radius 1 is 0.931 bits per heavy atom. The molecule has 2 amide bonds. The molecule has 0 heterocycles. The Morgan fingerprint density at radius 2 is 1.55 bits per heavy atom. The number of likely N-dealkylation sites (N-methyl/N-ethyl adjacent to an activating group) is 1. The number of esters is 1. The molecule has 2 aromatic carbocycles. The molecule has 7 nitrogen and oxygen atoms in total. The summed E-state index contributed by atoms with van der Waals surface area (Å²) in [5.74, 6) is -1.48. The van der Waals surface area contributed by atoms with Crippen LogP contribution in [0, 0.1) is 11.3 Å². The number of nitrogens with zero attached hydrogens (tertiary/aromatic N) is 3. The van der Waals surface area contributed by atoms with Crippen molar-refractivity contribution < 1.29 is 19.1 Å². The highest BCUT2D eigenvalue weighted by Gasteiger charge is 2.22. The van der Waals surface area contributed by atoms with Gasteiger partial charge in [0.05, 0.1) is 23.6 Å². The van der Waals surface area contributed by atoms with E-state index in [2.05, 4.69) is 0 Å². The standard InChI is InChI=1S/C22H23N3O4/c1-24(14-8-13-23)20(26)16-29-22(28)19-12-7-6-11-18(19)21(27)25(2)15-17-9-4-3-5-10-17/h3-7,9-12H,8,14-16H2,1-2H3. The number of carbonyl (C=O) groups excluding carboxylic acids is 3. The number of amides is 2. The van der Waals surface area contributed by atoms with E-state index in [9.17, 15) is 14.4 Å². The Kier molecular flexibility index (Phi) is 7.92. The van der Waals surface area contributed by atoms with Crippen molar-refractivity contribution in [2.24, 2.45) is 0 Å². The fourth-order valence-corrected chi connectivity index (χ4v) is 2.64. The van der Waals surface area contributed by atoms with Crippen molar-refractivity contribution in [3.63, 3.8) is 0 Å². The van der Waals surface area contributed by atoms with Crippen LogP contribution in [0.5, 0.6) is 0 Å². The highest BCUT2D eigenvalue weighted by Crippen LogP contribution is 2.14. The summed E-state index contributed by atoms with van der Waals surface area (Å²) in [5.41, 5.74) is 1.28. The summed E-state index contributed by atoms with van der Waals surface area (Å²) in [4.78, 5) is 40.1. The third kappa shape index (κ3) is 6.18. The molecule has 150 valence electrons. The van der Waals surface area contributed by atoms with Gasteiger partial charge in [-0.1, -0.05) is 42.5 Å². The number of nitriles is 1. The fourth-order valence-electron chi connectivity index (χ4n) is 2.64. The zero-order valence-electron chi connectivity index (χ0n) is 16.5. The van der Waals surface area contributed by atoms with E-state index in [1.54, 1.807) is 25.2 Å². The first-order valence-corrected chi connectivity index (χ1v) is 9.10. The van der Waals surface area contributed by atoms with Crippen molar-refractivity contribution in [3.8, 4) is 6.07 Å². The number of rotatable bonds is 8. The van der Waals surface area contributed by atoms with Gasteiger partial charge in [-0.3, -0.25) is 9.59 Å². The highest BCUT2D eigenvalue weighted by atomic mass is 16.5. The van der Waals surface area contributed by atoms with Crippen molar-refractivity contribution in [1.29, 1.82) is 5.26 Å². The average Bonchev–Trinajstić information content (AvgIpc) is 2.75. The van der Waals surface area contributed by atoms with Crippen LogP contribution < -0.4 is 0 Å². The third-order valence-corrected chi connectivity index (χ3v) is 4.30. The molecule has 29 heavy (non-hydrogen) atoms. The van der Waals surface area contributed by atoms with Crippen LogP contribution in [0.3, 0.4) is 0 Å². The molecular weight excluding hydrogens is 370 g/mol. The Hall–Kier alpha value is -3.66. The summed E-state index contributed by atoms with van der Waals surface area (Å²) in [6.45, 7) is 0.195. The molecule has 0 saturated heterocycles. The lowest BCUT2D eigenvalue weighted by atomic mass is 10.1. The van der Waals surface area contributed by atoms with E-state index in [-0.39, 0.29) is 30.0 Å². The molecule has 7 heteroatoms. The number of carbonyl (C=O) groups is 3. The molecular formula is C22H23N3O4. The Labute approximate surface area is 170 Å². The highest BCUT2D eigenvalue weighted by molar-refractivity contribution is 6.05. The quantitative estimate of drug-likeness (QED) is 0.643. The van der Waals surface area contributed by atoms with Crippen LogP contribution in [0.25, 0.3) is 0 Å². The largest absolute Gasteiger partial charge is 0.452 e. The van der Waals surface area contributed by atoms with E-state index < -0.39 is 18.5 Å². The van der Waals surface area contributed by atoms with Crippen LogP contribution in [0.15, 0.2) is 54.6 Å². The molecule has 0 radical (unpaired) electrons. The van der Waals surface area contributed by atoms with Gasteiger partial charge >= 0.3 is 5.97 Å². The topological polar surface area (TPSA) is 90.7 Å². The maximum atomic E-state index is 12.9. The van der Waals surface area contributed by atoms with Gasteiger partial charge in [0, 0.05) is 27.2 Å². The summed E-state index contributed by atoms with van der Waals surface area (Å²) in [5, 5.41) is 8.57. The molecule has 0 saturated carbocycles. The number of benzene rings is 2. The van der Waals surface area contributed by atoms with E-state index in [0.29, 0.717) is 6.54 Å². The minimum Gasteiger partial charge on any atom is -0.452 e. The van der Waals surface area contributed by atoms with Gasteiger partial charge in [0.1, 0.15) is 0 Å². The lowest BCUT2D eigenvalue weighted by Crippen LogP contribution is -2.32. The predicted octanol–water partition coefficient (Wildman–Crippen LogP) is 2.49. The van der Waals surface area contributed by atoms with Gasteiger partial charge in [0.15, 0.2) is 6.61 Å². The maximum absolute atomic E-state index is 12.9. The number of hydrogen-bond acceptors (Lipinski definition) is 5. The molecule has 2 aromatic rings. The SMILES string of the molecule is CN(CCC#N)C(=O)COC(=O)c1ccccc1C(=O)N(C)Cc1ccccc1. The fraction of sp³-hybridized carbons (Fsp3) is 0.273. The predicted molar refractivity (Wildman–Crippen MR) is 107 cm³/mol. The van der Waals surface area contributed by atoms with Crippen LogP contribution in [-0.2, 0) is 16.1 Å². The molecule has 0 fully saturated rings. The number of ether oxygens (including phenoxy) is 1. The summed E-state index contributed by atoms with van der Waals surface area (Å²) >= 11 is 0. The van der Waals surface area contributed by atoms with Crippen molar-refractivity contribution in [1.82, 2.24) is 9.80 Å². The van der Waals surface area contributed by atoms with E-state index in [0.717, 1.165) is 5.56 Å². The average molecular weight is 393 g/mol. The van der Waals surface area contributed by atoms with Crippen molar-refractivity contribution in [3.05, 3.63) is 71.3 Å². The molecule has 0 atom stereocenters. The lowest BCUT2D eigenvalue weighted by Gasteiger charge is -2.19. The molecule has 0 aromatic heterocycles. The molecule has 0 aliphatic heterocycles.